The molecule has 1 aliphatic heterocycles. The van der Waals surface area contributed by atoms with Crippen molar-refractivity contribution in [2.75, 3.05) is 4.90 Å². The van der Waals surface area contributed by atoms with Gasteiger partial charge in [-0.3, -0.25) is 9.69 Å². The van der Waals surface area contributed by atoms with Gasteiger partial charge in [0.1, 0.15) is 12.4 Å². The average molecular weight is 500 g/mol. The minimum Gasteiger partial charge on any atom is -0.487 e. The molecule has 0 saturated carbocycles. The van der Waals surface area contributed by atoms with Crippen molar-refractivity contribution in [2.24, 2.45) is 0 Å². The van der Waals surface area contributed by atoms with Crippen LogP contribution in [0.3, 0.4) is 0 Å². The van der Waals surface area contributed by atoms with Crippen LogP contribution in [0.5, 0.6) is 5.75 Å². The smallest absolute Gasteiger partial charge is 0.270 e. The van der Waals surface area contributed by atoms with E-state index < -0.39 is 0 Å². The summed E-state index contributed by atoms with van der Waals surface area (Å²) in [6.45, 7) is 2.44. The van der Waals surface area contributed by atoms with Gasteiger partial charge in [-0.1, -0.05) is 90.5 Å². The maximum absolute atomic E-state index is 13.1. The Hall–Kier alpha value is -2.31. The zero-order valence-electron chi connectivity index (χ0n) is 17.2. The Morgan fingerprint density at radius 3 is 2.53 bits per heavy atom. The second kappa shape index (κ2) is 10.1. The van der Waals surface area contributed by atoms with Crippen LogP contribution in [0.2, 0.25) is 10.0 Å². The first-order valence-corrected chi connectivity index (χ1v) is 12.0. The van der Waals surface area contributed by atoms with Crippen molar-refractivity contribution in [3.05, 3.63) is 98.4 Å². The van der Waals surface area contributed by atoms with Crippen molar-refractivity contribution in [1.29, 1.82) is 0 Å². The van der Waals surface area contributed by atoms with E-state index in [2.05, 4.69) is 6.92 Å². The standard InChI is InChI=1S/C25H19Cl2NO2S2/c1-2-18-5-3-4-6-21(18)28-24(29)23(32-25(28)31)14-17-9-12-22(20(27)13-17)30-15-16-7-10-19(26)11-8-16/h3-14H,2,15H2,1H3. The third kappa shape index (κ3) is 5.02. The van der Waals surface area contributed by atoms with Crippen LogP contribution in [0.25, 0.3) is 6.08 Å². The number of hydrogen-bond donors (Lipinski definition) is 0. The second-order valence-corrected chi connectivity index (χ2v) is 9.62. The number of anilines is 1. The van der Waals surface area contributed by atoms with Gasteiger partial charge in [0.15, 0.2) is 4.32 Å². The fraction of sp³-hybridized carbons (Fsp3) is 0.120. The van der Waals surface area contributed by atoms with Gasteiger partial charge >= 0.3 is 0 Å². The van der Waals surface area contributed by atoms with E-state index >= 15 is 0 Å². The van der Waals surface area contributed by atoms with Crippen LogP contribution in [-0.4, -0.2) is 10.2 Å². The molecule has 3 aromatic carbocycles. The number of rotatable bonds is 6. The van der Waals surface area contributed by atoms with E-state index in [4.69, 9.17) is 40.2 Å². The van der Waals surface area contributed by atoms with Crippen molar-refractivity contribution in [1.82, 2.24) is 0 Å². The van der Waals surface area contributed by atoms with Crippen molar-refractivity contribution < 1.29 is 9.53 Å². The summed E-state index contributed by atoms with van der Waals surface area (Å²) in [5, 5.41) is 1.15. The molecule has 1 heterocycles. The number of thiocarbonyl (C=S) groups is 1. The Balaban J connectivity index is 1.51. The minimum atomic E-state index is -0.125. The third-order valence-electron chi connectivity index (χ3n) is 4.97. The first-order valence-electron chi connectivity index (χ1n) is 9.99. The third-order valence-corrected chi connectivity index (χ3v) is 6.82. The molecular weight excluding hydrogens is 481 g/mol. The zero-order valence-corrected chi connectivity index (χ0v) is 20.3. The molecule has 0 atom stereocenters. The quantitative estimate of drug-likeness (QED) is 0.258. The highest BCUT2D eigenvalue weighted by atomic mass is 35.5. The number of thioether (sulfide) groups is 1. The molecule has 1 fully saturated rings. The van der Waals surface area contributed by atoms with Crippen LogP contribution in [0.1, 0.15) is 23.6 Å². The number of amides is 1. The molecule has 0 bridgehead atoms. The molecule has 3 aromatic rings. The number of hydrogen-bond acceptors (Lipinski definition) is 4. The van der Waals surface area contributed by atoms with Gasteiger partial charge in [-0.2, -0.15) is 0 Å². The van der Waals surface area contributed by atoms with Crippen molar-refractivity contribution in [2.45, 2.75) is 20.0 Å². The summed E-state index contributed by atoms with van der Waals surface area (Å²) >= 11 is 19.1. The lowest BCUT2D eigenvalue weighted by Crippen LogP contribution is -2.28. The van der Waals surface area contributed by atoms with Crippen molar-refractivity contribution in [3.63, 3.8) is 0 Å². The van der Waals surface area contributed by atoms with Gasteiger partial charge in [0, 0.05) is 5.02 Å². The maximum Gasteiger partial charge on any atom is 0.270 e. The number of nitrogens with zero attached hydrogens (tertiary/aromatic N) is 1. The Labute approximate surface area is 207 Å². The van der Waals surface area contributed by atoms with Gasteiger partial charge in [0.2, 0.25) is 0 Å². The Morgan fingerprint density at radius 1 is 1.06 bits per heavy atom. The molecule has 0 aliphatic carbocycles. The fourth-order valence-corrected chi connectivity index (χ4v) is 4.97. The van der Waals surface area contributed by atoms with Crippen molar-refractivity contribution in [3.8, 4) is 5.75 Å². The van der Waals surface area contributed by atoms with E-state index in [9.17, 15) is 4.79 Å². The topological polar surface area (TPSA) is 29.5 Å². The fourth-order valence-electron chi connectivity index (χ4n) is 3.32. The summed E-state index contributed by atoms with van der Waals surface area (Å²) in [6, 6.07) is 20.7. The number of ether oxygens (including phenoxy) is 1. The predicted molar refractivity (Wildman–Crippen MR) is 139 cm³/mol. The van der Waals surface area contributed by atoms with Gasteiger partial charge in [-0.25, -0.2) is 0 Å². The van der Waals surface area contributed by atoms with E-state index in [1.54, 1.807) is 17.0 Å². The van der Waals surface area contributed by atoms with Gasteiger partial charge in [0.05, 0.1) is 15.6 Å². The van der Waals surface area contributed by atoms with Crippen LogP contribution < -0.4 is 9.64 Å². The van der Waals surface area contributed by atoms with Crippen LogP contribution in [0, 0.1) is 0 Å². The van der Waals surface area contributed by atoms with Gasteiger partial charge in [-0.15, -0.1) is 0 Å². The predicted octanol–water partition coefficient (Wildman–Crippen LogP) is 7.54. The normalized spacial score (nSPS) is 15.0. The molecular formula is C25H19Cl2NO2S2. The highest BCUT2D eigenvalue weighted by Crippen LogP contribution is 2.38. The highest BCUT2D eigenvalue weighted by molar-refractivity contribution is 8.27. The Morgan fingerprint density at radius 2 is 1.81 bits per heavy atom. The lowest BCUT2D eigenvalue weighted by Gasteiger charge is -2.18. The largest absolute Gasteiger partial charge is 0.487 e. The lowest BCUT2D eigenvalue weighted by molar-refractivity contribution is -0.113. The SMILES string of the molecule is CCc1ccccc1N1C(=O)C(=Cc2ccc(OCc3ccc(Cl)cc3)c(Cl)c2)SC1=S. The molecule has 1 aliphatic rings. The number of carbonyl (C=O) groups excluding carboxylic acids is 1. The second-order valence-electron chi connectivity index (χ2n) is 7.10. The first kappa shape index (κ1) is 22.9. The van der Waals surface area contributed by atoms with E-state index in [0.29, 0.717) is 31.6 Å². The summed E-state index contributed by atoms with van der Waals surface area (Å²) in [5.74, 6) is 0.447. The highest BCUT2D eigenvalue weighted by Gasteiger charge is 2.34. The van der Waals surface area contributed by atoms with Crippen molar-refractivity contribution >= 4 is 69.2 Å². The number of para-hydroxylation sites is 1. The summed E-state index contributed by atoms with van der Waals surface area (Å²) in [6.07, 6.45) is 2.63. The molecule has 7 heteroatoms. The van der Waals surface area contributed by atoms with E-state index in [0.717, 1.165) is 28.8 Å². The molecule has 0 unspecified atom stereocenters. The van der Waals surface area contributed by atoms with E-state index in [1.807, 2.05) is 60.7 Å². The Kier molecular flexibility index (Phi) is 7.21. The molecule has 0 spiro atoms. The average Bonchev–Trinajstić information content (AvgIpc) is 3.07. The molecule has 32 heavy (non-hydrogen) atoms. The molecule has 0 N–H and O–H groups in total. The number of halogens is 2. The minimum absolute atomic E-state index is 0.125. The molecule has 1 saturated heterocycles. The molecule has 3 nitrogen and oxygen atoms in total. The van der Waals surface area contributed by atoms with Crippen LogP contribution in [0.4, 0.5) is 5.69 Å². The Bertz CT molecular complexity index is 1210. The summed E-state index contributed by atoms with van der Waals surface area (Å²) in [7, 11) is 0. The van der Waals surface area contributed by atoms with E-state index in [-0.39, 0.29) is 5.91 Å². The first-order chi connectivity index (χ1) is 15.5. The molecule has 4 rings (SSSR count). The van der Waals surface area contributed by atoms with Gasteiger partial charge in [-0.05, 0) is 59.5 Å². The maximum atomic E-state index is 13.1. The van der Waals surface area contributed by atoms with Crippen LogP contribution in [0.15, 0.2) is 71.6 Å². The summed E-state index contributed by atoms with van der Waals surface area (Å²) in [4.78, 5) is 15.3. The number of benzene rings is 3. The van der Waals surface area contributed by atoms with Gasteiger partial charge in [0.25, 0.3) is 5.91 Å². The molecule has 1 amide bonds. The van der Waals surface area contributed by atoms with E-state index in [1.165, 1.54) is 11.8 Å². The lowest BCUT2D eigenvalue weighted by atomic mass is 10.1. The number of aryl methyl sites for hydroxylation is 1. The van der Waals surface area contributed by atoms with Crippen LogP contribution in [-0.2, 0) is 17.8 Å². The van der Waals surface area contributed by atoms with Crippen LogP contribution >= 0.6 is 47.2 Å². The monoisotopic (exact) mass is 499 g/mol. The summed E-state index contributed by atoms with van der Waals surface area (Å²) < 4.78 is 6.35. The number of carbonyl (C=O) groups is 1. The molecule has 0 radical (unpaired) electrons. The molecule has 162 valence electrons. The van der Waals surface area contributed by atoms with Gasteiger partial charge < -0.3 is 4.74 Å². The zero-order chi connectivity index (χ0) is 22.7. The molecule has 0 aromatic heterocycles. The summed E-state index contributed by atoms with van der Waals surface area (Å²) in [5.41, 5.74) is 3.71.